The summed E-state index contributed by atoms with van der Waals surface area (Å²) >= 11 is 1.95. The van der Waals surface area contributed by atoms with Crippen molar-refractivity contribution in [3.8, 4) is 0 Å². The fourth-order valence-corrected chi connectivity index (χ4v) is 2.88. The molecule has 1 aliphatic rings. The van der Waals surface area contributed by atoms with Gasteiger partial charge in [0, 0.05) is 31.1 Å². The summed E-state index contributed by atoms with van der Waals surface area (Å²) in [5.74, 6) is 0. The van der Waals surface area contributed by atoms with E-state index < -0.39 is 0 Å². The summed E-state index contributed by atoms with van der Waals surface area (Å²) in [5, 5.41) is 3.96. The number of thioether (sulfide) groups is 1. The Morgan fingerprint density at radius 2 is 1.87 bits per heavy atom. The van der Waals surface area contributed by atoms with Crippen LogP contribution in [-0.4, -0.2) is 36.5 Å². The van der Waals surface area contributed by atoms with Gasteiger partial charge in [-0.1, -0.05) is 18.2 Å². The van der Waals surface area contributed by atoms with Crippen LogP contribution < -0.4 is 5.32 Å². The fraction of sp³-hybridized carbons (Fsp3) is 0.500. The van der Waals surface area contributed by atoms with Crippen molar-refractivity contribution in [2.24, 2.45) is 0 Å². The quantitative estimate of drug-likeness (QED) is 0.788. The van der Waals surface area contributed by atoms with Crippen LogP contribution in [0.1, 0.15) is 6.92 Å². The van der Waals surface area contributed by atoms with Gasteiger partial charge in [-0.05, 0) is 19.1 Å². The Morgan fingerprint density at radius 1 is 1.20 bits per heavy atom. The molecule has 0 radical (unpaired) electrons. The van der Waals surface area contributed by atoms with Crippen LogP contribution in [0.5, 0.6) is 0 Å². The van der Waals surface area contributed by atoms with E-state index in [4.69, 9.17) is 0 Å². The van der Waals surface area contributed by atoms with Gasteiger partial charge < -0.3 is 5.32 Å². The van der Waals surface area contributed by atoms with Gasteiger partial charge in [-0.2, -0.15) is 0 Å². The zero-order valence-electron chi connectivity index (χ0n) is 9.15. The molecule has 1 aliphatic heterocycles. The van der Waals surface area contributed by atoms with Gasteiger partial charge in [0.15, 0.2) is 0 Å². The van der Waals surface area contributed by atoms with E-state index in [1.54, 1.807) is 0 Å². The zero-order valence-corrected chi connectivity index (χ0v) is 9.96. The topological polar surface area (TPSA) is 15.3 Å². The largest absolute Gasteiger partial charge is 0.314 e. The predicted octanol–water partition coefficient (Wildman–Crippen LogP) is 2.03. The van der Waals surface area contributed by atoms with Crippen LogP contribution in [0.2, 0.25) is 0 Å². The molecule has 3 heteroatoms. The number of nitrogens with zero attached hydrogens (tertiary/aromatic N) is 1. The molecule has 1 aromatic carbocycles. The highest BCUT2D eigenvalue weighted by atomic mass is 32.2. The molecule has 82 valence electrons. The van der Waals surface area contributed by atoms with Crippen molar-refractivity contribution in [2.75, 3.05) is 26.2 Å². The lowest BCUT2D eigenvalue weighted by atomic mass is 10.4. The number of hydrogen-bond donors (Lipinski definition) is 1. The van der Waals surface area contributed by atoms with Gasteiger partial charge in [0.25, 0.3) is 0 Å². The number of benzene rings is 1. The molecule has 0 amide bonds. The summed E-state index contributed by atoms with van der Waals surface area (Å²) in [6.07, 6.45) is 0. The van der Waals surface area contributed by atoms with Crippen LogP contribution >= 0.6 is 11.8 Å². The van der Waals surface area contributed by atoms with E-state index in [2.05, 4.69) is 47.5 Å². The highest BCUT2D eigenvalue weighted by molar-refractivity contribution is 7.99. The summed E-state index contributed by atoms with van der Waals surface area (Å²) in [6, 6.07) is 10.6. The van der Waals surface area contributed by atoms with Crippen molar-refractivity contribution >= 4 is 11.8 Å². The van der Waals surface area contributed by atoms with Crippen molar-refractivity contribution in [3.05, 3.63) is 30.3 Å². The van der Waals surface area contributed by atoms with Crippen molar-refractivity contribution in [1.82, 2.24) is 10.2 Å². The molecule has 1 fully saturated rings. The lowest BCUT2D eigenvalue weighted by molar-refractivity contribution is 0.234. The molecule has 1 unspecified atom stereocenters. The molecular weight excluding hydrogens is 204 g/mol. The van der Waals surface area contributed by atoms with Crippen LogP contribution in [0.15, 0.2) is 35.2 Å². The van der Waals surface area contributed by atoms with Crippen LogP contribution in [0.3, 0.4) is 0 Å². The van der Waals surface area contributed by atoms with Gasteiger partial charge in [0.05, 0.1) is 5.37 Å². The highest BCUT2D eigenvalue weighted by Gasteiger charge is 2.16. The smallest absolute Gasteiger partial charge is 0.0576 e. The van der Waals surface area contributed by atoms with E-state index in [-0.39, 0.29) is 0 Å². The van der Waals surface area contributed by atoms with E-state index in [9.17, 15) is 0 Å². The standard InChI is InChI=1S/C12H18N2S/c1-11(14-9-7-13-8-10-14)15-12-5-3-2-4-6-12/h2-6,11,13H,7-10H2,1H3. The second kappa shape index (κ2) is 5.54. The van der Waals surface area contributed by atoms with E-state index in [1.807, 2.05) is 11.8 Å². The van der Waals surface area contributed by atoms with E-state index in [0.717, 1.165) is 13.1 Å². The van der Waals surface area contributed by atoms with E-state index >= 15 is 0 Å². The molecule has 1 heterocycles. The Balaban J connectivity index is 1.88. The number of rotatable bonds is 3. The van der Waals surface area contributed by atoms with Crippen LogP contribution in [-0.2, 0) is 0 Å². The average molecular weight is 222 g/mol. The minimum Gasteiger partial charge on any atom is -0.314 e. The molecule has 1 N–H and O–H groups in total. The molecule has 0 aliphatic carbocycles. The maximum Gasteiger partial charge on any atom is 0.0576 e. The summed E-state index contributed by atoms with van der Waals surface area (Å²) in [6.45, 7) is 6.88. The van der Waals surface area contributed by atoms with Gasteiger partial charge in [-0.3, -0.25) is 4.90 Å². The monoisotopic (exact) mass is 222 g/mol. The number of hydrogen-bond acceptors (Lipinski definition) is 3. The Labute approximate surface area is 96.0 Å². The van der Waals surface area contributed by atoms with Crippen LogP contribution in [0, 0.1) is 0 Å². The molecule has 2 nitrogen and oxygen atoms in total. The second-order valence-corrected chi connectivity index (χ2v) is 5.21. The first-order chi connectivity index (χ1) is 7.36. The first-order valence-electron chi connectivity index (χ1n) is 5.53. The second-order valence-electron chi connectivity index (χ2n) is 3.82. The van der Waals surface area contributed by atoms with Crippen molar-refractivity contribution in [1.29, 1.82) is 0 Å². The average Bonchev–Trinajstić information content (AvgIpc) is 2.31. The number of piperazine rings is 1. The normalized spacial score (nSPS) is 20.1. The van der Waals surface area contributed by atoms with Crippen molar-refractivity contribution in [3.63, 3.8) is 0 Å². The zero-order chi connectivity index (χ0) is 10.5. The molecule has 1 saturated heterocycles. The first-order valence-corrected chi connectivity index (χ1v) is 6.41. The molecule has 0 spiro atoms. The van der Waals surface area contributed by atoms with Gasteiger partial charge >= 0.3 is 0 Å². The van der Waals surface area contributed by atoms with Gasteiger partial charge in [0.1, 0.15) is 0 Å². The van der Waals surface area contributed by atoms with Crippen molar-refractivity contribution in [2.45, 2.75) is 17.2 Å². The lowest BCUT2D eigenvalue weighted by Crippen LogP contribution is -2.46. The summed E-state index contributed by atoms with van der Waals surface area (Å²) in [4.78, 5) is 3.90. The molecule has 0 aromatic heterocycles. The SMILES string of the molecule is CC(Sc1ccccc1)N1CCNCC1. The molecule has 1 aromatic rings. The first kappa shape index (κ1) is 11.0. The van der Waals surface area contributed by atoms with E-state index in [1.165, 1.54) is 18.0 Å². The Kier molecular flexibility index (Phi) is 4.06. The Morgan fingerprint density at radius 3 is 2.53 bits per heavy atom. The summed E-state index contributed by atoms with van der Waals surface area (Å²) in [5.41, 5.74) is 0. The Hall–Kier alpha value is -0.510. The van der Waals surface area contributed by atoms with Crippen molar-refractivity contribution < 1.29 is 0 Å². The maximum absolute atomic E-state index is 3.38. The fourth-order valence-electron chi connectivity index (χ4n) is 1.82. The van der Waals surface area contributed by atoms with E-state index in [0.29, 0.717) is 5.37 Å². The summed E-state index contributed by atoms with van der Waals surface area (Å²) in [7, 11) is 0. The third-order valence-electron chi connectivity index (χ3n) is 2.72. The minimum absolute atomic E-state index is 0.578. The Bertz CT molecular complexity index is 283. The van der Waals surface area contributed by atoms with Gasteiger partial charge in [0.2, 0.25) is 0 Å². The molecule has 15 heavy (non-hydrogen) atoms. The van der Waals surface area contributed by atoms with Gasteiger partial charge in [-0.25, -0.2) is 0 Å². The summed E-state index contributed by atoms with van der Waals surface area (Å²) < 4.78 is 0. The molecule has 0 saturated carbocycles. The third kappa shape index (κ3) is 3.23. The number of nitrogens with one attached hydrogen (secondary N) is 1. The molecular formula is C12H18N2S. The third-order valence-corrected chi connectivity index (χ3v) is 3.90. The van der Waals surface area contributed by atoms with Gasteiger partial charge in [-0.15, -0.1) is 11.8 Å². The minimum atomic E-state index is 0.578. The molecule has 1 atom stereocenters. The van der Waals surface area contributed by atoms with Crippen LogP contribution in [0.4, 0.5) is 0 Å². The highest BCUT2D eigenvalue weighted by Crippen LogP contribution is 2.25. The maximum atomic E-state index is 3.38. The lowest BCUT2D eigenvalue weighted by Gasteiger charge is -2.32. The van der Waals surface area contributed by atoms with Crippen LogP contribution in [0.25, 0.3) is 0 Å². The predicted molar refractivity (Wildman–Crippen MR) is 66.2 cm³/mol. The molecule has 2 rings (SSSR count). The molecule has 0 bridgehead atoms.